The number of hydrogen-bond acceptors (Lipinski definition) is 6. The van der Waals surface area contributed by atoms with Crippen LogP contribution >= 0.6 is 0 Å². The predicted molar refractivity (Wildman–Crippen MR) is 202 cm³/mol. The van der Waals surface area contributed by atoms with Gasteiger partial charge < -0.3 is 0 Å². The van der Waals surface area contributed by atoms with E-state index in [1.807, 2.05) is 111 Å². The second-order valence-electron chi connectivity index (χ2n) is 18.4. The predicted octanol–water partition coefficient (Wildman–Crippen LogP) is 10.7. The van der Waals surface area contributed by atoms with E-state index in [2.05, 4.69) is 6.92 Å². The van der Waals surface area contributed by atoms with Crippen LogP contribution in [0.2, 0.25) is 0 Å². The van der Waals surface area contributed by atoms with E-state index in [0.717, 1.165) is 12.8 Å². The van der Waals surface area contributed by atoms with Crippen molar-refractivity contribution in [3.8, 4) is 0 Å². The molecule has 284 valence electrons. The Bertz CT molecular complexity index is 1190. The van der Waals surface area contributed by atoms with E-state index in [4.69, 9.17) is 0 Å². The van der Waals surface area contributed by atoms with Gasteiger partial charge in [0.1, 0.15) is 17.3 Å². The molecule has 0 aliphatic rings. The maximum absolute atomic E-state index is 14.7. The van der Waals surface area contributed by atoms with Gasteiger partial charge in [0, 0.05) is 34.0 Å². The zero-order chi connectivity index (χ0) is 39.1. The van der Waals surface area contributed by atoms with Gasteiger partial charge in [-0.15, -0.1) is 0 Å². The van der Waals surface area contributed by atoms with Crippen LogP contribution in [0.4, 0.5) is 0 Å². The molecule has 0 saturated carbocycles. The van der Waals surface area contributed by atoms with Crippen LogP contribution in [0.25, 0.3) is 0 Å². The zero-order valence-corrected chi connectivity index (χ0v) is 35.1. The Kier molecular flexibility index (Phi) is 16.8. The Balaban J connectivity index is 7.38. The van der Waals surface area contributed by atoms with E-state index >= 15 is 0 Å². The summed E-state index contributed by atoms with van der Waals surface area (Å²) >= 11 is 0. The molecule has 6 heteroatoms. The molecule has 5 unspecified atom stereocenters. The number of carbonyl (C=O) groups excluding carboxylic acids is 6. The van der Waals surface area contributed by atoms with Gasteiger partial charge in [0.25, 0.3) is 0 Å². The lowest BCUT2D eigenvalue weighted by atomic mass is 9.57. The Hall–Kier alpha value is -1.98. The summed E-state index contributed by atoms with van der Waals surface area (Å²) in [5.74, 6) is -2.63. The van der Waals surface area contributed by atoms with E-state index in [0.29, 0.717) is 32.1 Å². The summed E-state index contributed by atoms with van der Waals surface area (Å²) in [6.07, 6.45) is 4.15. The van der Waals surface area contributed by atoms with Crippen LogP contribution in [-0.4, -0.2) is 34.7 Å². The molecule has 0 spiro atoms. The van der Waals surface area contributed by atoms with Gasteiger partial charge in [0.15, 0.2) is 17.3 Å². The first-order valence-corrected chi connectivity index (χ1v) is 19.4. The smallest absolute Gasteiger partial charge is 0.151 e. The zero-order valence-electron chi connectivity index (χ0n) is 35.1. The molecule has 0 N–H and O–H groups in total. The van der Waals surface area contributed by atoms with Crippen LogP contribution in [0.5, 0.6) is 0 Å². The average molecular weight is 689 g/mol. The summed E-state index contributed by atoms with van der Waals surface area (Å²) in [4.78, 5) is 85.3. The van der Waals surface area contributed by atoms with E-state index in [-0.39, 0.29) is 53.5 Å². The van der Waals surface area contributed by atoms with E-state index in [9.17, 15) is 28.8 Å². The van der Waals surface area contributed by atoms with Gasteiger partial charge in [-0.1, -0.05) is 131 Å². The Morgan fingerprint density at radius 1 is 0.490 bits per heavy atom. The molecule has 0 saturated heterocycles. The summed E-state index contributed by atoms with van der Waals surface area (Å²) < 4.78 is 0. The fourth-order valence-corrected chi connectivity index (χ4v) is 8.48. The fourth-order valence-electron chi connectivity index (χ4n) is 8.48. The van der Waals surface area contributed by atoms with Crippen molar-refractivity contribution in [2.45, 2.75) is 182 Å². The monoisotopic (exact) mass is 689 g/mol. The topological polar surface area (TPSA) is 102 Å². The first kappa shape index (κ1) is 47.0. The molecule has 0 amide bonds. The van der Waals surface area contributed by atoms with Gasteiger partial charge in [0.2, 0.25) is 0 Å². The molecule has 6 nitrogen and oxygen atoms in total. The molecule has 0 bridgehead atoms. The van der Waals surface area contributed by atoms with Gasteiger partial charge in [-0.25, -0.2) is 0 Å². The first-order chi connectivity index (χ1) is 22.1. The molecular formula is C43H76O6. The van der Waals surface area contributed by atoms with Crippen molar-refractivity contribution in [2.24, 2.45) is 56.2 Å². The van der Waals surface area contributed by atoms with Crippen LogP contribution in [0.1, 0.15) is 182 Å². The minimum Gasteiger partial charge on any atom is -0.298 e. The highest BCUT2D eigenvalue weighted by Crippen LogP contribution is 2.48. The standard InChI is InChI=1S/C43H76O6/c1-19-24-25-43(23-5,36(48)39(13,14)15)34(46)30(9)27-31(40(16,17)37(49)41(18,20-2)32(44)28(6)7)26-29(8)33(45)42(21-3,22-4)35(47)38(10,11)12/h28-31H,19-27H2,1-18H3. The van der Waals surface area contributed by atoms with Gasteiger partial charge in [-0.3, -0.25) is 28.8 Å². The highest BCUT2D eigenvalue weighted by molar-refractivity contribution is 6.11. The van der Waals surface area contributed by atoms with Crippen molar-refractivity contribution in [1.82, 2.24) is 0 Å². The summed E-state index contributed by atoms with van der Waals surface area (Å²) in [6, 6.07) is 0. The maximum atomic E-state index is 14.7. The van der Waals surface area contributed by atoms with E-state index < -0.39 is 50.2 Å². The van der Waals surface area contributed by atoms with Crippen molar-refractivity contribution in [2.75, 3.05) is 0 Å². The summed E-state index contributed by atoms with van der Waals surface area (Å²) in [7, 11) is 0. The number of hydrogen-bond donors (Lipinski definition) is 0. The Labute approximate surface area is 301 Å². The van der Waals surface area contributed by atoms with Gasteiger partial charge in [-0.05, 0) is 57.8 Å². The van der Waals surface area contributed by atoms with Crippen molar-refractivity contribution in [3.05, 3.63) is 0 Å². The quantitative estimate of drug-likeness (QED) is 0.105. The van der Waals surface area contributed by atoms with Crippen molar-refractivity contribution < 1.29 is 28.8 Å². The minimum absolute atomic E-state index is 0.0549. The molecule has 0 aliphatic carbocycles. The van der Waals surface area contributed by atoms with E-state index in [1.165, 1.54) is 0 Å². The fraction of sp³-hybridized carbons (Fsp3) is 0.860. The molecule has 0 aromatic carbocycles. The molecule has 5 atom stereocenters. The lowest BCUT2D eigenvalue weighted by Crippen LogP contribution is -2.51. The van der Waals surface area contributed by atoms with Gasteiger partial charge in [0.05, 0.1) is 16.2 Å². The average Bonchev–Trinajstić information content (AvgIpc) is 3.02. The second kappa shape index (κ2) is 17.5. The lowest BCUT2D eigenvalue weighted by molar-refractivity contribution is -0.154. The molecular weight excluding hydrogens is 612 g/mol. The van der Waals surface area contributed by atoms with Crippen LogP contribution in [0.15, 0.2) is 0 Å². The third kappa shape index (κ3) is 9.88. The first-order valence-electron chi connectivity index (χ1n) is 19.4. The molecule has 49 heavy (non-hydrogen) atoms. The van der Waals surface area contributed by atoms with E-state index in [1.54, 1.807) is 6.92 Å². The third-order valence-corrected chi connectivity index (χ3v) is 12.0. The van der Waals surface area contributed by atoms with Crippen molar-refractivity contribution >= 4 is 34.7 Å². The largest absolute Gasteiger partial charge is 0.298 e. The van der Waals surface area contributed by atoms with Crippen LogP contribution in [-0.2, 0) is 28.8 Å². The molecule has 0 heterocycles. The number of carbonyl (C=O) groups is 6. The highest BCUT2D eigenvalue weighted by Gasteiger charge is 2.54. The molecule has 0 aromatic heterocycles. The summed E-state index contributed by atoms with van der Waals surface area (Å²) in [5, 5.41) is 0. The Morgan fingerprint density at radius 2 is 0.857 bits per heavy atom. The van der Waals surface area contributed by atoms with Crippen LogP contribution < -0.4 is 0 Å². The molecule has 0 rings (SSSR count). The number of rotatable bonds is 22. The van der Waals surface area contributed by atoms with Crippen molar-refractivity contribution in [3.63, 3.8) is 0 Å². The van der Waals surface area contributed by atoms with Crippen LogP contribution in [0.3, 0.4) is 0 Å². The third-order valence-electron chi connectivity index (χ3n) is 12.0. The molecule has 0 fully saturated rings. The Morgan fingerprint density at radius 3 is 1.16 bits per heavy atom. The van der Waals surface area contributed by atoms with Gasteiger partial charge in [-0.2, -0.15) is 0 Å². The number of unbranched alkanes of at least 4 members (excludes halogenated alkanes) is 1. The second-order valence-corrected chi connectivity index (χ2v) is 18.4. The molecule has 0 aromatic rings. The molecule has 0 radical (unpaired) electrons. The SMILES string of the molecule is CCCCC(CC)(C(=O)C(C)CC(CC(C)C(=O)C(CC)(CC)C(=O)C(C)(C)C)C(C)(C)C(=O)C(C)(CC)C(=O)C(C)C)C(=O)C(C)(C)C. The van der Waals surface area contributed by atoms with Crippen LogP contribution in [0, 0.1) is 56.2 Å². The number of ketones is 6. The summed E-state index contributed by atoms with van der Waals surface area (Å²) in [5.41, 5.74) is -6.03. The molecule has 0 aliphatic heterocycles. The normalized spacial score (nSPS) is 17.4. The van der Waals surface area contributed by atoms with Crippen molar-refractivity contribution in [1.29, 1.82) is 0 Å². The maximum Gasteiger partial charge on any atom is 0.151 e. The number of Topliss-reactive ketones (excluding diaryl/α,β-unsaturated/α-hetero) is 6. The lowest BCUT2D eigenvalue weighted by Gasteiger charge is -2.44. The summed E-state index contributed by atoms with van der Waals surface area (Å²) in [6.45, 7) is 33.5. The van der Waals surface area contributed by atoms with Gasteiger partial charge >= 0.3 is 0 Å². The minimum atomic E-state index is -1.23. The highest BCUT2D eigenvalue weighted by atomic mass is 16.2.